The van der Waals surface area contributed by atoms with Crippen molar-refractivity contribution in [1.29, 1.82) is 0 Å². The lowest BCUT2D eigenvalue weighted by atomic mass is 9.81. The van der Waals surface area contributed by atoms with E-state index in [2.05, 4.69) is 24.8 Å². The lowest BCUT2D eigenvalue weighted by Crippen LogP contribution is -2.50. The van der Waals surface area contributed by atoms with Crippen LogP contribution in [0, 0.1) is 5.92 Å². The number of fused-ring (bicyclic) bond motifs is 1. The number of anilines is 2. The summed E-state index contributed by atoms with van der Waals surface area (Å²) in [4.78, 5) is 28.9. The van der Waals surface area contributed by atoms with Crippen LogP contribution in [0.3, 0.4) is 0 Å². The molecular weight excluding hydrogens is 332 g/mol. The summed E-state index contributed by atoms with van der Waals surface area (Å²) in [5.41, 5.74) is 9.47. The maximum Gasteiger partial charge on any atom is 0.407 e. The first-order chi connectivity index (χ1) is 12.3. The van der Waals surface area contributed by atoms with Gasteiger partial charge in [0.05, 0.1) is 0 Å². The summed E-state index contributed by atoms with van der Waals surface area (Å²) in [6.07, 6.45) is 0.000848. The molecule has 7 heteroatoms. The second kappa shape index (κ2) is 7.15. The fourth-order valence-electron chi connectivity index (χ4n) is 4.27. The zero-order valence-electron chi connectivity index (χ0n) is 15.7. The van der Waals surface area contributed by atoms with Gasteiger partial charge in [0, 0.05) is 56.6 Å². The normalized spacial score (nSPS) is 25.8. The van der Waals surface area contributed by atoms with E-state index < -0.39 is 6.09 Å². The Morgan fingerprint density at radius 3 is 2.42 bits per heavy atom. The van der Waals surface area contributed by atoms with E-state index in [9.17, 15) is 9.59 Å². The Bertz CT molecular complexity index is 700. The van der Waals surface area contributed by atoms with Gasteiger partial charge in [0.2, 0.25) is 5.91 Å². The minimum atomic E-state index is -0.867. The molecule has 0 aromatic heterocycles. The van der Waals surface area contributed by atoms with Gasteiger partial charge in [-0.1, -0.05) is 13.8 Å². The van der Waals surface area contributed by atoms with Crippen molar-refractivity contribution in [3.8, 4) is 0 Å². The highest BCUT2D eigenvalue weighted by molar-refractivity contribution is 5.94. The minimum absolute atomic E-state index is 0.0414. The molecule has 1 fully saturated rings. The number of nitrogens with two attached hydrogens (primary N) is 1. The van der Waals surface area contributed by atoms with E-state index in [1.165, 1.54) is 4.90 Å². The summed E-state index contributed by atoms with van der Waals surface area (Å²) >= 11 is 0. The second-order valence-electron chi connectivity index (χ2n) is 7.25. The molecule has 2 aliphatic heterocycles. The summed E-state index contributed by atoms with van der Waals surface area (Å²) in [5, 5.41) is 9.10. The summed E-state index contributed by atoms with van der Waals surface area (Å²) in [5.74, 6) is 0.218. The Morgan fingerprint density at radius 1 is 1.23 bits per heavy atom. The van der Waals surface area contributed by atoms with Crippen molar-refractivity contribution in [2.24, 2.45) is 11.7 Å². The molecule has 3 atom stereocenters. The minimum Gasteiger partial charge on any atom is -0.465 e. The fraction of sp³-hybridized carbons (Fsp3) is 0.579. The lowest BCUT2D eigenvalue weighted by Gasteiger charge is -2.44. The standard InChI is InChI=1S/C19H28N4O3/c1-4-16-12(2)18(20)15-11-14(5-6-17(15)23(16)13(3)24)21-7-9-22(10-8-21)19(25)26/h5-6,11-12,16,18H,4,7-10,20H2,1-3H3,(H,25,26)/t12-,16-,18+/m0/s1. The average Bonchev–Trinajstić information content (AvgIpc) is 2.63. The molecule has 0 unspecified atom stereocenters. The Hall–Kier alpha value is -2.28. The first kappa shape index (κ1) is 18.5. The van der Waals surface area contributed by atoms with E-state index in [1.807, 2.05) is 17.0 Å². The number of amides is 2. The number of piperazine rings is 1. The number of carboxylic acid groups (broad SMARTS) is 1. The summed E-state index contributed by atoms with van der Waals surface area (Å²) in [6.45, 7) is 8.10. The van der Waals surface area contributed by atoms with E-state index in [4.69, 9.17) is 10.8 Å². The molecule has 1 saturated heterocycles. The molecule has 0 bridgehead atoms. The molecule has 2 aliphatic rings. The van der Waals surface area contributed by atoms with Crippen molar-refractivity contribution < 1.29 is 14.7 Å². The Balaban J connectivity index is 1.90. The van der Waals surface area contributed by atoms with Gasteiger partial charge < -0.3 is 25.5 Å². The van der Waals surface area contributed by atoms with Gasteiger partial charge in [-0.3, -0.25) is 4.79 Å². The van der Waals surface area contributed by atoms with Crippen molar-refractivity contribution in [3.05, 3.63) is 23.8 Å². The molecule has 3 N–H and O–H groups in total. The zero-order valence-corrected chi connectivity index (χ0v) is 15.7. The van der Waals surface area contributed by atoms with E-state index in [0.717, 1.165) is 23.4 Å². The van der Waals surface area contributed by atoms with Gasteiger partial charge in [-0.25, -0.2) is 4.79 Å². The van der Waals surface area contributed by atoms with Crippen LogP contribution >= 0.6 is 0 Å². The van der Waals surface area contributed by atoms with Gasteiger partial charge >= 0.3 is 6.09 Å². The average molecular weight is 360 g/mol. The van der Waals surface area contributed by atoms with Gasteiger partial charge in [0.15, 0.2) is 0 Å². The lowest BCUT2D eigenvalue weighted by molar-refractivity contribution is -0.117. The van der Waals surface area contributed by atoms with E-state index in [0.29, 0.717) is 26.2 Å². The topological polar surface area (TPSA) is 90.1 Å². The number of carbonyl (C=O) groups excluding carboxylic acids is 1. The van der Waals surface area contributed by atoms with Gasteiger partial charge in [-0.2, -0.15) is 0 Å². The molecule has 3 rings (SSSR count). The first-order valence-electron chi connectivity index (χ1n) is 9.27. The van der Waals surface area contributed by atoms with E-state index in [-0.39, 0.29) is 23.9 Å². The molecule has 142 valence electrons. The molecule has 26 heavy (non-hydrogen) atoms. The van der Waals surface area contributed by atoms with Crippen molar-refractivity contribution in [2.75, 3.05) is 36.0 Å². The molecule has 2 amide bonds. The number of benzene rings is 1. The van der Waals surface area contributed by atoms with Gasteiger partial charge in [0.1, 0.15) is 0 Å². The van der Waals surface area contributed by atoms with E-state index >= 15 is 0 Å². The summed E-state index contributed by atoms with van der Waals surface area (Å²) in [7, 11) is 0. The SMILES string of the molecule is CC[C@H]1[C@H](C)[C@@H](N)c2cc(N3CCN(C(=O)O)CC3)ccc2N1C(C)=O. The highest BCUT2D eigenvalue weighted by Gasteiger charge is 2.38. The van der Waals surface area contributed by atoms with Crippen LogP contribution < -0.4 is 15.5 Å². The number of carbonyl (C=O) groups is 2. The smallest absolute Gasteiger partial charge is 0.407 e. The van der Waals surface area contributed by atoms with Crippen molar-refractivity contribution in [3.63, 3.8) is 0 Å². The molecular formula is C19H28N4O3. The quantitative estimate of drug-likeness (QED) is 0.844. The van der Waals surface area contributed by atoms with Crippen LogP contribution in [0.4, 0.5) is 16.2 Å². The summed E-state index contributed by atoms with van der Waals surface area (Å²) < 4.78 is 0. The molecule has 0 saturated carbocycles. The van der Waals surface area contributed by atoms with E-state index in [1.54, 1.807) is 6.92 Å². The van der Waals surface area contributed by atoms with Crippen molar-refractivity contribution in [2.45, 2.75) is 39.3 Å². The molecule has 0 spiro atoms. The van der Waals surface area contributed by atoms with Crippen LogP contribution in [0.2, 0.25) is 0 Å². The van der Waals surface area contributed by atoms with Crippen LogP contribution in [-0.2, 0) is 4.79 Å². The van der Waals surface area contributed by atoms with Crippen LogP contribution in [-0.4, -0.2) is 54.2 Å². The first-order valence-corrected chi connectivity index (χ1v) is 9.27. The third kappa shape index (κ3) is 3.11. The third-order valence-electron chi connectivity index (χ3n) is 5.81. The Kier molecular flexibility index (Phi) is 5.09. The van der Waals surface area contributed by atoms with Crippen LogP contribution in [0.15, 0.2) is 18.2 Å². The monoisotopic (exact) mass is 360 g/mol. The predicted molar refractivity (Wildman–Crippen MR) is 102 cm³/mol. The maximum atomic E-state index is 12.3. The van der Waals surface area contributed by atoms with Gasteiger partial charge in [-0.05, 0) is 36.1 Å². The summed E-state index contributed by atoms with van der Waals surface area (Å²) in [6, 6.07) is 6.07. The Morgan fingerprint density at radius 2 is 1.88 bits per heavy atom. The van der Waals surface area contributed by atoms with Gasteiger partial charge in [0.25, 0.3) is 0 Å². The number of rotatable bonds is 2. The zero-order chi connectivity index (χ0) is 19.0. The Labute approximate surface area is 154 Å². The highest BCUT2D eigenvalue weighted by Crippen LogP contribution is 2.42. The van der Waals surface area contributed by atoms with Crippen molar-refractivity contribution in [1.82, 2.24) is 4.90 Å². The number of nitrogens with zero attached hydrogens (tertiary/aromatic N) is 3. The molecule has 7 nitrogen and oxygen atoms in total. The molecule has 1 aromatic rings. The number of hydrogen-bond donors (Lipinski definition) is 2. The largest absolute Gasteiger partial charge is 0.465 e. The predicted octanol–water partition coefficient (Wildman–Crippen LogP) is 2.27. The van der Waals surface area contributed by atoms with Crippen LogP contribution in [0.1, 0.15) is 38.8 Å². The molecule has 2 heterocycles. The number of hydrogen-bond acceptors (Lipinski definition) is 4. The second-order valence-corrected chi connectivity index (χ2v) is 7.25. The highest BCUT2D eigenvalue weighted by atomic mass is 16.4. The fourth-order valence-corrected chi connectivity index (χ4v) is 4.27. The molecule has 0 radical (unpaired) electrons. The molecule has 1 aromatic carbocycles. The van der Waals surface area contributed by atoms with Gasteiger partial charge in [-0.15, -0.1) is 0 Å². The third-order valence-corrected chi connectivity index (χ3v) is 5.81. The maximum absolute atomic E-state index is 12.3. The molecule has 0 aliphatic carbocycles. The van der Waals surface area contributed by atoms with Crippen LogP contribution in [0.5, 0.6) is 0 Å². The van der Waals surface area contributed by atoms with Crippen molar-refractivity contribution >= 4 is 23.4 Å². The van der Waals surface area contributed by atoms with Crippen LogP contribution in [0.25, 0.3) is 0 Å².